The molecule has 1 heterocycles. The highest BCUT2D eigenvalue weighted by Crippen LogP contribution is 2.37. The number of nitrogens with zero attached hydrogens (tertiary/aromatic N) is 1. The third-order valence-electron chi connectivity index (χ3n) is 5.30. The number of fused-ring (bicyclic) bond motifs is 1. The molecule has 3 N–H and O–H groups in total. The van der Waals surface area contributed by atoms with Gasteiger partial charge in [-0.3, -0.25) is 5.41 Å². The third kappa shape index (κ3) is 2.26. The van der Waals surface area contributed by atoms with E-state index in [0.717, 1.165) is 24.3 Å². The molecule has 128 valence electrons. The van der Waals surface area contributed by atoms with Crippen molar-refractivity contribution in [2.75, 3.05) is 29.1 Å². The van der Waals surface area contributed by atoms with Crippen LogP contribution in [0, 0.1) is 5.41 Å². The maximum Gasteiger partial charge on any atom is 0.199 e. The molecule has 4 nitrogen and oxygen atoms in total. The second kappa shape index (κ2) is 5.63. The molecule has 0 aromatic heterocycles. The van der Waals surface area contributed by atoms with E-state index < -0.39 is 0 Å². The average molecular weight is 340 g/mol. The van der Waals surface area contributed by atoms with Crippen LogP contribution in [0.1, 0.15) is 16.7 Å². The maximum absolute atomic E-state index is 8.54. The maximum atomic E-state index is 8.54. The lowest BCUT2D eigenvalue weighted by Crippen LogP contribution is -2.32. The first kappa shape index (κ1) is 15.0. The molecule has 0 bridgehead atoms. The average Bonchev–Trinajstić information content (AvgIpc) is 3.29. The highest BCUT2D eigenvalue weighted by atomic mass is 15.3. The lowest BCUT2D eigenvalue weighted by Gasteiger charge is -2.23. The van der Waals surface area contributed by atoms with Crippen molar-refractivity contribution in [3.05, 3.63) is 65.2 Å². The van der Waals surface area contributed by atoms with Crippen LogP contribution < -0.4 is 15.5 Å². The standard InChI is InChI=1S/C22H20N4/c1-26(22(23)25-17-7-9-19-16(13-17)11-12-24-19)20-10-6-15-4-2-3-14-5-8-18(20)21(14)15/h2-10,13,24H,11-12H2,1H3,(H2,23,25). The van der Waals surface area contributed by atoms with Gasteiger partial charge >= 0.3 is 0 Å². The van der Waals surface area contributed by atoms with Crippen LogP contribution in [0.15, 0.2) is 48.5 Å². The fourth-order valence-corrected chi connectivity index (χ4v) is 3.92. The van der Waals surface area contributed by atoms with Crippen LogP contribution >= 0.6 is 0 Å². The lowest BCUT2D eigenvalue weighted by atomic mass is 10.0. The zero-order chi connectivity index (χ0) is 17.7. The van der Waals surface area contributed by atoms with E-state index in [1.807, 2.05) is 18.0 Å². The fourth-order valence-electron chi connectivity index (χ4n) is 3.92. The van der Waals surface area contributed by atoms with Crippen LogP contribution in [0.4, 0.5) is 17.1 Å². The Kier molecular flexibility index (Phi) is 3.25. The van der Waals surface area contributed by atoms with Crippen LogP contribution in [0.2, 0.25) is 0 Å². The lowest BCUT2D eigenvalue weighted by molar-refractivity contribution is 1.11. The molecule has 0 saturated carbocycles. The second-order valence-electron chi connectivity index (χ2n) is 6.86. The van der Waals surface area contributed by atoms with Gasteiger partial charge < -0.3 is 15.5 Å². The van der Waals surface area contributed by atoms with Gasteiger partial charge in [0.2, 0.25) is 0 Å². The van der Waals surface area contributed by atoms with Crippen molar-refractivity contribution < 1.29 is 0 Å². The fraction of sp³-hybridized carbons (Fsp3) is 0.136. The Morgan fingerprint density at radius 1 is 1.12 bits per heavy atom. The largest absolute Gasteiger partial charge is 0.384 e. The number of hydrogen-bond acceptors (Lipinski definition) is 2. The van der Waals surface area contributed by atoms with E-state index >= 15 is 0 Å². The first-order valence-electron chi connectivity index (χ1n) is 8.90. The molecule has 3 aromatic carbocycles. The molecule has 0 atom stereocenters. The zero-order valence-corrected chi connectivity index (χ0v) is 14.6. The Bertz CT molecular complexity index is 1080. The smallest absolute Gasteiger partial charge is 0.199 e. The molecule has 5 rings (SSSR count). The molecular formula is C22H20N4. The summed E-state index contributed by atoms with van der Waals surface area (Å²) in [6.45, 7) is 0.991. The Labute approximate surface area is 152 Å². The molecular weight excluding hydrogens is 320 g/mol. The Hall–Kier alpha value is -3.27. The van der Waals surface area contributed by atoms with Gasteiger partial charge in [0.15, 0.2) is 5.96 Å². The molecule has 3 aromatic rings. The van der Waals surface area contributed by atoms with Gasteiger partial charge in [-0.05, 0) is 52.6 Å². The normalized spacial score (nSPS) is 13.6. The number of hydrogen-bond donors (Lipinski definition) is 3. The summed E-state index contributed by atoms with van der Waals surface area (Å²) in [6.07, 6.45) is 5.34. The summed E-state index contributed by atoms with van der Waals surface area (Å²) in [5.41, 5.74) is 6.94. The second-order valence-corrected chi connectivity index (χ2v) is 6.86. The van der Waals surface area contributed by atoms with Crippen LogP contribution in [-0.4, -0.2) is 19.6 Å². The molecule has 0 saturated heterocycles. The Morgan fingerprint density at radius 2 is 2.04 bits per heavy atom. The minimum atomic E-state index is 0.365. The van der Waals surface area contributed by atoms with Crippen LogP contribution in [-0.2, 0) is 6.42 Å². The zero-order valence-electron chi connectivity index (χ0n) is 14.6. The molecule has 26 heavy (non-hydrogen) atoms. The number of anilines is 3. The topological polar surface area (TPSA) is 51.2 Å². The van der Waals surface area contributed by atoms with Crippen molar-refractivity contribution in [3.8, 4) is 0 Å². The molecule has 1 aliphatic carbocycles. The van der Waals surface area contributed by atoms with Gasteiger partial charge in [0.1, 0.15) is 0 Å². The summed E-state index contributed by atoms with van der Waals surface area (Å²) >= 11 is 0. The van der Waals surface area contributed by atoms with Crippen molar-refractivity contribution in [1.82, 2.24) is 0 Å². The van der Waals surface area contributed by atoms with Gasteiger partial charge in [-0.15, -0.1) is 0 Å². The number of guanidine groups is 1. The molecule has 0 spiro atoms. The van der Waals surface area contributed by atoms with Crippen LogP contribution in [0.25, 0.3) is 22.9 Å². The van der Waals surface area contributed by atoms with Crippen LogP contribution in [0.3, 0.4) is 0 Å². The van der Waals surface area contributed by atoms with E-state index in [0.29, 0.717) is 5.96 Å². The number of nitrogens with one attached hydrogen (secondary N) is 3. The Balaban J connectivity index is 1.45. The summed E-state index contributed by atoms with van der Waals surface area (Å²) in [4.78, 5) is 1.91. The summed E-state index contributed by atoms with van der Waals surface area (Å²) in [5.74, 6) is 0.365. The van der Waals surface area contributed by atoms with Crippen molar-refractivity contribution in [1.29, 1.82) is 5.41 Å². The number of rotatable bonds is 2. The summed E-state index contributed by atoms with van der Waals surface area (Å²) in [5, 5.41) is 17.7. The number of benzene rings is 3. The van der Waals surface area contributed by atoms with E-state index in [2.05, 4.69) is 65.3 Å². The molecule has 0 fully saturated rings. The highest BCUT2D eigenvalue weighted by molar-refractivity contribution is 6.12. The molecule has 0 unspecified atom stereocenters. The third-order valence-corrected chi connectivity index (χ3v) is 5.30. The van der Waals surface area contributed by atoms with E-state index in [9.17, 15) is 0 Å². The minimum absolute atomic E-state index is 0.365. The quantitative estimate of drug-likeness (QED) is 0.364. The predicted octanol–water partition coefficient (Wildman–Crippen LogP) is 4.77. The first-order valence-corrected chi connectivity index (χ1v) is 8.90. The Morgan fingerprint density at radius 3 is 2.96 bits per heavy atom. The minimum Gasteiger partial charge on any atom is -0.384 e. The molecule has 2 aliphatic rings. The van der Waals surface area contributed by atoms with Gasteiger partial charge in [-0.2, -0.15) is 0 Å². The summed E-state index contributed by atoms with van der Waals surface area (Å²) in [7, 11) is 1.94. The van der Waals surface area contributed by atoms with Gasteiger partial charge in [-0.1, -0.05) is 36.4 Å². The van der Waals surface area contributed by atoms with Crippen molar-refractivity contribution in [2.24, 2.45) is 0 Å². The molecule has 0 amide bonds. The van der Waals surface area contributed by atoms with Crippen molar-refractivity contribution in [2.45, 2.75) is 6.42 Å². The monoisotopic (exact) mass is 340 g/mol. The molecule has 4 heteroatoms. The SMILES string of the molecule is CN(C(=N)Nc1ccc2c(c1)CCN2)c1ccc2cccc3c2c1C=C3. The van der Waals surface area contributed by atoms with Gasteiger partial charge in [0, 0.05) is 30.5 Å². The first-order chi connectivity index (χ1) is 12.7. The van der Waals surface area contributed by atoms with E-state index in [-0.39, 0.29) is 0 Å². The van der Waals surface area contributed by atoms with Gasteiger partial charge in [0.05, 0.1) is 5.69 Å². The summed E-state index contributed by atoms with van der Waals surface area (Å²) < 4.78 is 0. The van der Waals surface area contributed by atoms with Crippen LogP contribution in [0.5, 0.6) is 0 Å². The van der Waals surface area contributed by atoms with E-state index in [1.165, 1.54) is 33.2 Å². The van der Waals surface area contributed by atoms with Gasteiger partial charge in [0.25, 0.3) is 0 Å². The molecule has 0 radical (unpaired) electrons. The molecule has 1 aliphatic heterocycles. The highest BCUT2D eigenvalue weighted by Gasteiger charge is 2.18. The van der Waals surface area contributed by atoms with Gasteiger partial charge in [-0.25, -0.2) is 0 Å². The summed E-state index contributed by atoms with van der Waals surface area (Å²) in [6, 6.07) is 16.8. The van der Waals surface area contributed by atoms with E-state index in [4.69, 9.17) is 5.41 Å². The van der Waals surface area contributed by atoms with Crippen molar-refractivity contribution >= 4 is 45.9 Å². The van der Waals surface area contributed by atoms with Crippen molar-refractivity contribution in [3.63, 3.8) is 0 Å². The predicted molar refractivity (Wildman–Crippen MR) is 111 cm³/mol. The van der Waals surface area contributed by atoms with E-state index in [1.54, 1.807) is 0 Å².